The molecule has 2 unspecified atom stereocenters. The zero-order chi connectivity index (χ0) is 29.5. The summed E-state index contributed by atoms with van der Waals surface area (Å²) in [5, 5.41) is 15.8. The standard InChI is InChI=1S/C32H41N5O5S/c1-43(40,41)34-19-26-10-11-27(20-34)37(26)25-8-6-24(7-9-25)35-12-13-36(29-5-3-2-4-28(29)35)42-31(38)33-30-22-14-21-15-23(30)18-32(39,16-21)17-22/h2-9,21-23,26-27,30,39H,10-20H2,1H3,(H,33,38)/t21?,22?,23?,26-,27-,30?,32?/m1/s1. The molecule has 10 nitrogen and oxygen atoms in total. The first-order valence-corrected chi connectivity index (χ1v) is 17.7. The van der Waals surface area contributed by atoms with Crippen molar-refractivity contribution in [1.29, 1.82) is 0 Å². The van der Waals surface area contributed by atoms with Gasteiger partial charge in [0, 0.05) is 49.1 Å². The lowest BCUT2D eigenvalue weighted by Gasteiger charge is -2.57. The average Bonchev–Trinajstić information content (AvgIpc) is 3.22. The average molecular weight is 608 g/mol. The summed E-state index contributed by atoms with van der Waals surface area (Å²) < 4.78 is 26.0. The van der Waals surface area contributed by atoms with E-state index in [1.807, 2.05) is 18.2 Å². The van der Waals surface area contributed by atoms with Crippen LogP contribution in [0.1, 0.15) is 44.9 Å². The minimum Gasteiger partial charge on any atom is -0.390 e. The molecule has 6 bridgehead atoms. The summed E-state index contributed by atoms with van der Waals surface area (Å²) in [4.78, 5) is 23.8. The van der Waals surface area contributed by atoms with Crippen LogP contribution in [0.3, 0.4) is 0 Å². The molecule has 2 aromatic carbocycles. The number of para-hydroxylation sites is 2. The Morgan fingerprint density at radius 1 is 0.907 bits per heavy atom. The molecule has 230 valence electrons. The Labute approximate surface area is 253 Å². The second-order valence-corrected chi connectivity index (χ2v) is 15.9. The number of anilines is 4. The van der Waals surface area contributed by atoms with E-state index in [1.165, 1.54) is 6.26 Å². The monoisotopic (exact) mass is 607 g/mol. The number of sulfonamides is 1. The number of piperazine rings is 1. The molecule has 7 aliphatic rings. The highest BCUT2D eigenvalue weighted by Gasteiger charge is 2.55. The molecule has 43 heavy (non-hydrogen) atoms. The first-order chi connectivity index (χ1) is 20.6. The van der Waals surface area contributed by atoms with Crippen LogP contribution in [0.15, 0.2) is 48.5 Å². The van der Waals surface area contributed by atoms with Crippen LogP contribution in [-0.4, -0.2) is 80.1 Å². The molecule has 0 aromatic heterocycles. The zero-order valence-corrected chi connectivity index (χ0v) is 25.5. The van der Waals surface area contributed by atoms with Crippen molar-refractivity contribution in [1.82, 2.24) is 9.62 Å². The maximum absolute atomic E-state index is 13.2. The smallest absolute Gasteiger partial charge is 0.390 e. The quantitative estimate of drug-likeness (QED) is 0.529. The summed E-state index contributed by atoms with van der Waals surface area (Å²) in [5.74, 6) is 1.25. The van der Waals surface area contributed by atoms with Crippen LogP contribution in [-0.2, 0) is 14.9 Å². The largest absolute Gasteiger partial charge is 0.431 e. The third kappa shape index (κ3) is 4.84. The number of hydrogen-bond acceptors (Lipinski definition) is 8. The fourth-order valence-electron chi connectivity index (χ4n) is 9.54. The number of hydrogen-bond donors (Lipinski definition) is 2. The molecule has 0 radical (unpaired) electrons. The van der Waals surface area contributed by atoms with Crippen molar-refractivity contribution in [3.63, 3.8) is 0 Å². The lowest BCUT2D eigenvalue weighted by atomic mass is 9.52. The SMILES string of the molecule is CS(=O)(=O)N1C[C@H]2CC[C@H](C1)N2c1ccc(N2CCN(OC(=O)NC3C4CC5CC3CC(O)(C5)C4)c3ccccc32)cc1. The number of carbonyl (C=O) groups excluding carboxylic acids is 1. The van der Waals surface area contributed by atoms with E-state index < -0.39 is 21.7 Å². The van der Waals surface area contributed by atoms with E-state index in [0.717, 1.165) is 67.7 Å². The van der Waals surface area contributed by atoms with E-state index in [9.17, 15) is 18.3 Å². The van der Waals surface area contributed by atoms with Gasteiger partial charge >= 0.3 is 6.09 Å². The first kappa shape index (κ1) is 27.5. The van der Waals surface area contributed by atoms with Gasteiger partial charge in [-0.2, -0.15) is 4.31 Å². The highest BCUT2D eigenvalue weighted by molar-refractivity contribution is 7.88. The Balaban J connectivity index is 0.951. The van der Waals surface area contributed by atoms with Gasteiger partial charge in [-0.3, -0.25) is 0 Å². The Morgan fingerprint density at radius 3 is 2.16 bits per heavy atom. The number of nitrogens with one attached hydrogen (secondary N) is 1. The molecule has 2 aromatic rings. The van der Waals surface area contributed by atoms with Gasteiger partial charge in [0.25, 0.3) is 0 Å². The molecule has 4 aliphatic carbocycles. The molecule has 6 fully saturated rings. The third-order valence-electron chi connectivity index (χ3n) is 11.1. The zero-order valence-electron chi connectivity index (χ0n) is 24.6. The van der Waals surface area contributed by atoms with Crippen molar-refractivity contribution in [2.45, 2.75) is 68.7 Å². The fourth-order valence-corrected chi connectivity index (χ4v) is 10.4. The maximum atomic E-state index is 13.2. The Bertz CT molecular complexity index is 1490. The van der Waals surface area contributed by atoms with Gasteiger partial charge in [-0.05, 0) is 99.1 Å². The molecule has 4 saturated carbocycles. The topological polar surface area (TPSA) is 106 Å². The molecule has 1 amide bonds. The number of nitrogens with zero attached hydrogens (tertiary/aromatic N) is 4. The third-order valence-corrected chi connectivity index (χ3v) is 12.3. The van der Waals surface area contributed by atoms with E-state index >= 15 is 0 Å². The number of amides is 1. The predicted molar refractivity (Wildman–Crippen MR) is 165 cm³/mol. The first-order valence-electron chi connectivity index (χ1n) is 15.8. The number of rotatable bonds is 5. The predicted octanol–water partition coefficient (Wildman–Crippen LogP) is 3.84. The highest BCUT2D eigenvalue weighted by Crippen LogP contribution is 2.55. The van der Waals surface area contributed by atoms with Crippen LogP contribution < -0.4 is 20.2 Å². The van der Waals surface area contributed by atoms with Crippen LogP contribution in [0.4, 0.5) is 27.5 Å². The van der Waals surface area contributed by atoms with E-state index in [2.05, 4.69) is 45.4 Å². The van der Waals surface area contributed by atoms with E-state index in [-0.39, 0.29) is 18.1 Å². The summed E-state index contributed by atoms with van der Waals surface area (Å²) in [6.07, 6.45) is 7.56. The number of aliphatic hydroxyl groups is 1. The van der Waals surface area contributed by atoms with Crippen LogP contribution in [0, 0.1) is 17.8 Å². The van der Waals surface area contributed by atoms with Crippen LogP contribution in [0.2, 0.25) is 0 Å². The van der Waals surface area contributed by atoms with E-state index in [4.69, 9.17) is 4.84 Å². The number of carbonyl (C=O) groups is 1. The fraction of sp³-hybridized carbons (Fsp3) is 0.594. The van der Waals surface area contributed by atoms with Gasteiger partial charge in [0.1, 0.15) is 0 Å². The van der Waals surface area contributed by atoms with Gasteiger partial charge in [-0.15, -0.1) is 0 Å². The van der Waals surface area contributed by atoms with Crippen molar-refractivity contribution < 1.29 is 23.2 Å². The van der Waals surface area contributed by atoms with Crippen LogP contribution >= 0.6 is 0 Å². The van der Waals surface area contributed by atoms with Gasteiger partial charge in [-0.1, -0.05) is 12.1 Å². The van der Waals surface area contributed by atoms with Crippen molar-refractivity contribution in [2.75, 3.05) is 47.3 Å². The second-order valence-electron chi connectivity index (χ2n) is 13.9. The summed E-state index contributed by atoms with van der Waals surface area (Å²) in [7, 11) is -3.18. The Morgan fingerprint density at radius 2 is 1.53 bits per heavy atom. The van der Waals surface area contributed by atoms with Crippen molar-refractivity contribution in [2.24, 2.45) is 17.8 Å². The van der Waals surface area contributed by atoms with Gasteiger partial charge in [0.2, 0.25) is 10.0 Å². The molecule has 9 rings (SSSR count). The normalized spacial score (nSPS) is 34.8. The molecule has 2 N–H and O–H groups in total. The van der Waals surface area contributed by atoms with Crippen molar-refractivity contribution in [3.05, 3.63) is 48.5 Å². The van der Waals surface area contributed by atoms with Gasteiger partial charge in [-0.25, -0.2) is 18.3 Å². The number of fused-ring (bicyclic) bond motifs is 3. The molecule has 3 aliphatic heterocycles. The number of benzene rings is 2. The molecule has 0 spiro atoms. The van der Waals surface area contributed by atoms with Crippen LogP contribution in [0.25, 0.3) is 0 Å². The number of hydroxylamine groups is 1. The molecule has 3 heterocycles. The van der Waals surface area contributed by atoms with Gasteiger partial charge in [0.05, 0.1) is 29.8 Å². The molecular formula is C32H41N5O5S. The molecule has 2 saturated heterocycles. The highest BCUT2D eigenvalue weighted by atomic mass is 32.2. The molecular weight excluding hydrogens is 566 g/mol. The summed E-state index contributed by atoms with van der Waals surface area (Å²) in [5.41, 5.74) is 3.50. The lowest BCUT2D eigenvalue weighted by molar-refractivity contribution is -0.137. The molecule has 4 atom stereocenters. The van der Waals surface area contributed by atoms with E-state index in [1.54, 1.807) is 9.37 Å². The van der Waals surface area contributed by atoms with Crippen molar-refractivity contribution >= 4 is 38.9 Å². The Kier molecular flexibility index (Phi) is 6.40. The lowest BCUT2D eigenvalue weighted by Crippen LogP contribution is -2.62. The van der Waals surface area contributed by atoms with Gasteiger partial charge in [0.15, 0.2) is 0 Å². The van der Waals surface area contributed by atoms with E-state index in [0.29, 0.717) is 43.9 Å². The summed E-state index contributed by atoms with van der Waals surface area (Å²) >= 11 is 0. The maximum Gasteiger partial charge on any atom is 0.431 e. The van der Waals surface area contributed by atoms with Crippen LogP contribution in [0.5, 0.6) is 0 Å². The van der Waals surface area contributed by atoms with Gasteiger partial charge < -0.3 is 25.1 Å². The second kappa shape index (κ2) is 10.0. The Hall–Kier alpha value is -3.02. The van der Waals surface area contributed by atoms with Crippen molar-refractivity contribution in [3.8, 4) is 0 Å². The minimum absolute atomic E-state index is 0.0731. The molecule has 11 heteroatoms. The minimum atomic E-state index is -3.18. The summed E-state index contributed by atoms with van der Waals surface area (Å²) in [6, 6.07) is 17.1. The summed E-state index contributed by atoms with van der Waals surface area (Å²) in [6.45, 7) is 2.28.